The van der Waals surface area contributed by atoms with Crippen LogP contribution in [0.5, 0.6) is 5.75 Å². The molecule has 0 radical (unpaired) electrons. The number of anilines is 2. The van der Waals surface area contributed by atoms with Crippen LogP contribution in [0, 0.1) is 0 Å². The summed E-state index contributed by atoms with van der Waals surface area (Å²) in [5.41, 5.74) is -1.08. The van der Waals surface area contributed by atoms with Gasteiger partial charge in [-0.3, -0.25) is 13.9 Å². The van der Waals surface area contributed by atoms with Gasteiger partial charge in [0, 0.05) is 42.8 Å². The van der Waals surface area contributed by atoms with Gasteiger partial charge in [0.25, 0.3) is 10.0 Å². The van der Waals surface area contributed by atoms with E-state index in [4.69, 9.17) is 16.7 Å². The second kappa shape index (κ2) is 12.2. The minimum atomic E-state index is -5.03. The fourth-order valence-electron chi connectivity index (χ4n) is 5.30. The molecule has 3 heterocycles. The van der Waals surface area contributed by atoms with Crippen LogP contribution in [0.1, 0.15) is 18.4 Å². The van der Waals surface area contributed by atoms with Crippen molar-refractivity contribution in [3.63, 3.8) is 0 Å². The Labute approximate surface area is 262 Å². The molecule has 1 saturated heterocycles. The number of hydrogen-bond donors (Lipinski definition) is 1. The van der Waals surface area contributed by atoms with Crippen LogP contribution >= 0.6 is 11.6 Å². The van der Waals surface area contributed by atoms with Gasteiger partial charge in [-0.1, -0.05) is 17.7 Å². The highest BCUT2D eigenvalue weighted by atomic mass is 35.5. The van der Waals surface area contributed by atoms with Gasteiger partial charge in [-0.05, 0) is 48.0 Å². The minimum absolute atomic E-state index is 0.0393. The molecule has 246 valence electrons. The maximum atomic E-state index is 14.0. The van der Waals surface area contributed by atoms with Gasteiger partial charge in [0.15, 0.2) is 5.82 Å². The molecule has 1 N–H and O–H groups in total. The molecule has 0 spiro atoms. The summed E-state index contributed by atoms with van der Waals surface area (Å²) in [6.45, 7) is -0.0918. The minimum Gasteiger partial charge on any atom is -0.481 e. The third-order valence-corrected chi connectivity index (χ3v) is 9.33. The quantitative estimate of drug-likeness (QED) is 0.327. The van der Waals surface area contributed by atoms with Gasteiger partial charge in [-0.25, -0.2) is 13.4 Å². The van der Waals surface area contributed by atoms with E-state index in [0.29, 0.717) is 12.1 Å². The maximum Gasteiger partial charge on any atom is 0.573 e. The second-order valence-corrected chi connectivity index (χ2v) is 12.7. The van der Waals surface area contributed by atoms with Crippen molar-refractivity contribution in [3.05, 3.63) is 65.3 Å². The van der Waals surface area contributed by atoms with Gasteiger partial charge < -0.3 is 19.6 Å². The summed E-state index contributed by atoms with van der Waals surface area (Å²) >= 11 is 6.04. The fraction of sp³-hybridized carbons (Fsp3) is 0.321. The number of hydrogen-bond acceptors (Lipinski definition) is 7. The Bertz CT molecular complexity index is 1790. The van der Waals surface area contributed by atoms with Gasteiger partial charge in [-0.15, -0.1) is 13.2 Å². The van der Waals surface area contributed by atoms with E-state index in [0.717, 1.165) is 28.6 Å². The Kier molecular flexibility index (Phi) is 8.76. The highest BCUT2D eigenvalue weighted by Crippen LogP contribution is 2.42. The van der Waals surface area contributed by atoms with Crippen molar-refractivity contribution in [1.82, 2.24) is 9.88 Å². The van der Waals surface area contributed by atoms with Crippen LogP contribution in [0.25, 0.3) is 11.1 Å². The van der Waals surface area contributed by atoms with Gasteiger partial charge in [0.2, 0.25) is 5.91 Å². The highest BCUT2D eigenvalue weighted by molar-refractivity contribution is 7.92. The molecule has 0 unspecified atom stereocenters. The molecule has 5 rings (SSSR count). The Morgan fingerprint density at radius 3 is 2.39 bits per heavy atom. The number of sulfonamides is 1. The summed E-state index contributed by atoms with van der Waals surface area (Å²) in [5.74, 6) is -2.19. The molecular formula is C28H23ClF6N4O6S. The molecule has 2 aliphatic rings. The number of carbonyl (C=O) groups is 2. The van der Waals surface area contributed by atoms with Crippen molar-refractivity contribution >= 4 is 45.0 Å². The van der Waals surface area contributed by atoms with Gasteiger partial charge >= 0.3 is 18.5 Å². The van der Waals surface area contributed by atoms with Gasteiger partial charge in [0.1, 0.15) is 5.75 Å². The first kappa shape index (κ1) is 33.1. The standard InChI is InChI=1S/C28H23ClF6N4O6S/c29-19-8-16(9-21(12-19)45-28(33,34)35)17-10-23-26(36-13-17)38-7-6-37(24(40)4-5-25(41)42)14-20(38)15-39(23)46(43,44)22-3-1-2-18(11-22)27(30,31)32/h1-3,8-13,20H,4-7,14-15H2,(H,41,42)/t20-/m0/s1. The maximum absolute atomic E-state index is 14.0. The summed E-state index contributed by atoms with van der Waals surface area (Å²) < 4.78 is 112. The number of pyridine rings is 1. The number of piperazine rings is 1. The van der Waals surface area contributed by atoms with E-state index in [1.807, 2.05) is 0 Å². The number of carboxylic acids is 1. The zero-order valence-electron chi connectivity index (χ0n) is 23.3. The first-order valence-corrected chi connectivity index (χ1v) is 15.3. The number of ether oxygens (including phenoxy) is 1. The van der Waals surface area contributed by atoms with E-state index in [2.05, 4.69) is 9.72 Å². The van der Waals surface area contributed by atoms with Crippen LogP contribution in [0.3, 0.4) is 0 Å². The van der Waals surface area contributed by atoms with Crippen molar-refractivity contribution in [1.29, 1.82) is 0 Å². The van der Waals surface area contributed by atoms with Crippen LogP contribution in [0.2, 0.25) is 5.02 Å². The van der Waals surface area contributed by atoms with Gasteiger partial charge in [0.05, 0.1) is 35.2 Å². The SMILES string of the molecule is O=C(O)CCC(=O)N1CCN2c3ncc(-c4cc(Cl)cc(OC(F)(F)F)c4)cc3N(S(=O)(=O)c3cccc(C(F)(F)F)c3)C[C@@H]2C1. The van der Waals surface area contributed by atoms with Crippen LogP contribution in [0.15, 0.2) is 59.6 Å². The lowest BCUT2D eigenvalue weighted by Crippen LogP contribution is -2.61. The average Bonchev–Trinajstić information content (AvgIpc) is 2.97. The topological polar surface area (TPSA) is 120 Å². The summed E-state index contributed by atoms with van der Waals surface area (Å²) in [6.07, 6.45) is -9.31. The number of alkyl halides is 6. The number of carbonyl (C=O) groups excluding carboxylic acids is 1. The molecule has 2 aliphatic heterocycles. The number of halogens is 7. The third kappa shape index (κ3) is 7.09. The number of carboxylic acid groups (broad SMARTS) is 1. The number of rotatable bonds is 7. The van der Waals surface area contributed by atoms with Crippen LogP contribution in [0.4, 0.5) is 37.8 Å². The van der Waals surface area contributed by atoms with E-state index in [1.54, 1.807) is 4.90 Å². The molecule has 0 bridgehead atoms. The van der Waals surface area contributed by atoms with Crippen LogP contribution in [-0.2, 0) is 25.8 Å². The number of benzene rings is 2. The van der Waals surface area contributed by atoms with Crippen molar-refractivity contribution in [2.45, 2.75) is 36.3 Å². The summed E-state index contributed by atoms with van der Waals surface area (Å²) in [6, 6.07) is 6.97. The number of aliphatic carboxylic acids is 1. The average molecular weight is 693 g/mol. The molecule has 2 aromatic carbocycles. The molecule has 0 saturated carbocycles. The Balaban J connectivity index is 1.59. The summed E-state index contributed by atoms with van der Waals surface area (Å²) in [5, 5.41) is 8.82. The third-order valence-electron chi connectivity index (χ3n) is 7.34. The Morgan fingerprint density at radius 1 is 0.978 bits per heavy atom. The van der Waals surface area contributed by atoms with E-state index >= 15 is 0 Å². The second-order valence-electron chi connectivity index (χ2n) is 10.4. The number of amides is 1. The molecule has 0 aliphatic carbocycles. The Hall–Kier alpha value is -4.25. The smallest absolute Gasteiger partial charge is 0.481 e. The first-order chi connectivity index (χ1) is 21.4. The predicted molar refractivity (Wildman–Crippen MR) is 152 cm³/mol. The predicted octanol–water partition coefficient (Wildman–Crippen LogP) is 5.41. The highest BCUT2D eigenvalue weighted by Gasteiger charge is 2.42. The first-order valence-electron chi connectivity index (χ1n) is 13.5. The molecule has 1 amide bonds. The van der Waals surface area contributed by atoms with Gasteiger partial charge in [-0.2, -0.15) is 13.2 Å². The van der Waals surface area contributed by atoms with E-state index in [9.17, 15) is 44.3 Å². The number of aromatic nitrogens is 1. The largest absolute Gasteiger partial charge is 0.573 e. The van der Waals surface area contributed by atoms with E-state index in [1.165, 1.54) is 23.2 Å². The molecule has 1 aromatic heterocycles. The number of nitrogens with zero attached hydrogens (tertiary/aromatic N) is 4. The normalized spacial score (nSPS) is 16.9. The molecular weight excluding hydrogens is 670 g/mol. The Morgan fingerprint density at radius 2 is 1.72 bits per heavy atom. The van der Waals surface area contributed by atoms with E-state index < -0.39 is 63.1 Å². The summed E-state index contributed by atoms with van der Waals surface area (Å²) in [7, 11) is -4.72. The van der Waals surface area contributed by atoms with Crippen LogP contribution in [-0.4, -0.2) is 73.9 Å². The van der Waals surface area contributed by atoms with Crippen molar-refractivity contribution < 1.29 is 54.2 Å². The summed E-state index contributed by atoms with van der Waals surface area (Å²) in [4.78, 5) is 30.5. The fourth-order valence-corrected chi connectivity index (χ4v) is 7.06. The lowest BCUT2D eigenvalue weighted by atomic mass is 10.0. The zero-order chi connectivity index (χ0) is 33.6. The lowest BCUT2D eigenvalue weighted by Gasteiger charge is -2.48. The van der Waals surface area contributed by atoms with Crippen molar-refractivity contribution in [3.8, 4) is 16.9 Å². The molecule has 3 aromatic rings. The molecule has 10 nitrogen and oxygen atoms in total. The zero-order valence-corrected chi connectivity index (χ0v) is 24.9. The monoisotopic (exact) mass is 692 g/mol. The number of fused-ring (bicyclic) bond motifs is 3. The molecule has 1 atom stereocenters. The molecule has 1 fully saturated rings. The van der Waals surface area contributed by atoms with Crippen molar-refractivity contribution in [2.75, 3.05) is 35.4 Å². The molecule has 46 heavy (non-hydrogen) atoms. The molecule has 18 heteroatoms. The van der Waals surface area contributed by atoms with Crippen LogP contribution < -0.4 is 13.9 Å². The van der Waals surface area contributed by atoms with E-state index in [-0.39, 0.29) is 60.3 Å². The van der Waals surface area contributed by atoms with Crippen molar-refractivity contribution in [2.24, 2.45) is 0 Å². The lowest BCUT2D eigenvalue weighted by molar-refractivity contribution is -0.274.